The van der Waals surface area contributed by atoms with Gasteiger partial charge in [-0.05, 0) is 25.1 Å². The van der Waals surface area contributed by atoms with Crippen molar-refractivity contribution in [1.82, 2.24) is 10.3 Å². The van der Waals surface area contributed by atoms with Gasteiger partial charge in [-0.3, -0.25) is 4.98 Å². The standard InChI is InChI=1S/C14H23N3S/c1-3-13(15-4-2)14-6-5-12(11-16-14)17-7-9-18-10-8-17/h5-6,11,13,15H,3-4,7-10H2,1-2H3. The minimum absolute atomic E-state index is 0.390. The Labute approximate surface area is 114 Å². The fraction of sp³-hybridized carbons (Fsp3) is 0.643. The van der Waals surface area contributed by atoms with Crippen LogP contribution in [0.1, 0.15) is 32.0 Å². The first-order valence-electron chi connectivity index (χ1n) is 6.87. The van der Waals surface area contributed by atoms with Gasteiger partial charge in [-0.15, -0.1) is 0 Å². The monoisotopic (exact) mass is 265 g/mol. The number of hydrogen-bond donors (Lipinski definition) is 1. The number of anilines is 1. The lowest BCUT2D eigenvalue weighted by atomic mass is 10.1. The third-order valence-corrected chi connectivity index (χ3v) is 4.31. The molecule has 1 aliphatic heterocycles. The highest BCUT2D eigenvalue weighted by Crippen LogP contribution is 2.21. The number of pyridine rings is 1. The van der Waals surface area contributed by atoms with Gasteiger partial charge in [-0.2, -0.15) is 11.8 Å². The highest BCUT2D eigenvalue weighted by molar-refractivity contribution is 7.99. The molecule has 0 aromatic carbocycles. The molecule has 0 saturated carbocycles. The summed E-state index contributed by atoms with van der Waals surface area (Å²) in [7, 11) is 0. The Morgan fingerprint density at radius 2 is 2.11 bits per heavy atom. The quantitative estimate of drug-likeness (QED) is 0.886. The fourth-order valence-electron chi connectivity index (χ4n) is 2.32. The minimum atomic E-state index is 0.390. The van der Waals surface area contributed by atoms with E-state index >= 15 is 0 Å². The maximum Gasteiger partial charge on any atom is 0.0574 e. The molecule has 1 aromatic rings. The van der Waals surface area contributed by atoms with Crippen LogP contribution in [0.25, 0.3) is 0 Å². The van der Waals surface area contributed by atoms with Gasteiger partial charge in [0.15, 0.2) is 0 Å². The second kappa shape index (κ2) is 7.00. The molecule has 1 aromatic heterocycles. The van der Waals surface area contributed by atoms with E-state index in [1.165, 1.54) is 17.2 Å². The van der Waals surface area contributed by atoms with Gasteiger partial charge >= 0.3 is 0 Å². The van der Waals surface area contributed by atoms with Crippen molar-refractivity contribution in [2.24, 2.45) is 0 Å². The van der Waals surface area contributed by atoms with Crippen LogP contribution < -0.4 is 10.2 Å². The van der Waals surface area contributed by atoms with Gasteiger partial charge in [0.1, 0.15) is 0 Å². The average Bonchev–Trinajstić information content (AvgIpc) is 2.46. The number of thioether (sulfide) groups is 1. The van der Waals surface area contributed by atoms with E-state index in [1.807, 2.05) is 18.0 Å². The van der Waals surface area contributed by atoms with Gasteiger partial charge in [-0.25, -0.2) is 0 Å². The van der Waals surface area contributed by atoms with Crippen molar-refractivity contribution in [3.05, 3.63) is 24.0 Å². The van der Waals surface area contributed by atoms with Crippen molar-refractivity contribution in [2.45, 2.75) is 26.3 Å². The van der Waals surface area contributed by atoms with Crippen LogP contribution in [0.2, 0.25) is 0 Å². The number of aromatic nitrogens is 1. The van der Waals surface area contributed by atoms with E-state index in [0.29, 0.717) is 6.04 Å². The summed E-state index contributed by atoms with van der Waals surface area (Å²) in [5, 5.41) is 3.47. The largest absolute Gasteiger partial charge is 0.369 e. The Balaban J connectivity index is 2.03. The molecule has 1 aliphatic rings. The van der Waals surface area contributed by atoms with Crippen molar-refractivity contribution in [2.75, 3.05) is 36.0 Å². The topological polar surface area (TPSA) is 28.2 Å². The Hall–Kier alpha value is -0.740. The molecule has 0 bridgehead atoms. The van der Waals surface area contributed by atoms with E-state index in [-0.39, 0.29) is 0 Å². The summed E-state index contributed by atoms with van der Waals surface area (Å²) >= 11 is 2.04. The number of rotatable bonds is 5. The summed E-state index contributed by atoms with van der Waals surface area (Å²) in [5.41, 5.74) is 2.43. The van der Waals surface area contributed by atoms with Gasteiger partial charge in [0.2, 0.25) is 0 Å². The summed E-state index contributed by atoms with van der Waals surface area (Å²) < 4.78 is 0. The molecule has 0 spiro atoms. The van der Waals surface area contributed by atoms with E-state index in [2.05, 4.69) is 41.2 Å². The van der Waals surface area contributed by atoms with Crippen LogP contribution in [0.3, 0.4) is 0 Å². The van der Waals surface area contributed by atoms with Crippen molar-refractivity contribution < 1.29 is 0 Å². The molecule has 1 N–H and O–H groups in total. The second-order valence-corrected chi connectivity index (χ2v) is 5.78. The molecule has 0 amide bonds. The maximum atomic E-state index is 4.63. The predicted molar refractivity (Wildman–Crippen MR) is 80.5 cm³/mol. The number of nitrogens with zero attached hydrogens (tertiary/aromatic N) is 2. The summed E-state index contributed by atoms with van der Waals surface area (Å²) in [4.78, 5) is 7.06. The van der Waals surface area contributed by atoms with Crippen LogP contribution in [0.15, 0.2) is 18.3 Å². The molecule has 1 saturated heterocycles. The first-order chi connectivity index (χ1) is 8.85. The molecule has 4 heteroatoms. The van der Waals surface area contributed by atoms with Gasteiger partial charge < -0.3 is 10.2 Å². The second-order valence-electron chi connectivity index (χ2n) is 4.56. The van der Waals surface area contributed by atoms with Gasteiger partial charge in [-0.1, -0.05) is 13.8 Å². The van der Waals surface area contributed by atoms with Gasteiger partial charge in [0, 0.05) is 30.6 Å². The molecule has 2 rings (SSSR count). The predicted octanol–water partition coefficient (Wildman–Crippen LogP) is 2.70. The average molecular weight is 265 g/mol. The first-order valence-corrected chi connectivity index (χ1v) is 8.02. The lowest BCUT2D eigenvalue weighted by molar-refractivity contribution is 0.525. The SMILES string of the molecule is CCNC(CC)c1ccc(N2CCSCC2)cn1. The van der Waals surface area contributed by atoms with E-state index in [4.69, 9.17) is 0 Å². The number of nitrogens with one attached hydrogen (secondary N) is 1. The molecule has 3 nitrogen and oxygen atoms in total. The van der Waals surface area contributed by atoms with E-state index < -0.39 is 0 Å². The summed E-state index contributed by atoms with van der Waals surface area (Å²) in [6.07, 6.45) is 3.12. The van der Waals surface area contributed by atoms with Crippen molar-refractivity contribution in [3.63, 3.8) is 0 Å². The molecule has 18 heavy (non-hydrogen) atoms. The summed E-state index contributed by atoms with van der Waals surface area (Å²) in [6, 6.07) is 4.78. The van der Waals surface area contributed by atoms with Crippen LogP contribution in [0.4, 0.5) is 5.69 Å². The highest BCUT2D eigenvalue weighted by Gasteiger charge is 2.13. The van der Waals surface area contributed by atoms with E-state index in [0.717, 1.165) is 31.7 Å². The van der Waals surface area contributed by atoms with Crippen molar-refractivity contribution in [3.8, 4) is 0 Å². The molecular weight excluding hydrogens is 242 g/mol. The molecule has 0 radical (unpaired) electrons. The molecule has 2 heterocycles. The maximum absolute atomic E-state index is 4.63. The highest BCUT2D eigenvalue weighted by atomic mass is 32.2. The summed E-state index contributed by atoms with van der Waals surface area (Å²) in [5.74, 6) is 2.47. The Bertz CT molecular complexity index is 323. The van der Waals surface area contributed by atoms with Crippen LogP contribution in [0.5, 0.6) is 0 Å². The molecule has 100 valence electrons. The van der Waals surface area contributed by atoms with Crippen LogP contribution in [0, 0.1) is 0 Å². The number of hydrogen-bond acceptors (Lipinski definition) is 4. The third-order valence-electron chi connectivity index (χ3n) is 3.36. The Kier molecular flexibility index (Phi) is 5.32. The normalized spacial score (nSPS) is 17.8. The molecule has 1 fully saturated rings. The molecular formula is C14H23N3S. The Morgan fingerprint density at radius 1 is 1.33 bits per heavy atom. The molecule has 1 unspecified atom stereocenters. The van der Waals surface area contributed by atoms with Crippen LogP contribution in [-0.4, -0.2) is 36.1 Å². The zero-order valence-electron chi connectivity index (χ0n) is 11.4. The van der Waals surface area contributed by atoms with Gasteiger partial charge in [0.25, 0.3) is 0 Å². The lowest BCUT2D eigenvalue weighted by Crippen LogP contribution is -2.32. The first kappa shape index (κ1) is 13.7. The molecule has 0 aliphatic carbocycles. The third kappa shape index (κ3) is 3.39. The zero-order valence-corrected chi connectivity index (χ0v) is 12.2. The van der Waals surface area contributed by atoms with Crippen LogP contribution in [-0.2, 0) is 0 Å². The van der Waals surface area contributed by atoms with Crippen molar-refractivity contribution >= 4 is 17.4 Å². The Morgan fingerprint density at radius 3 is 2.67 bits per heavy atom. The zero-order chi connectivity index (χ0) is 12.8. The van der Waals surface area contributed by atoms with E-state index in [9.17, 15) is 0 Å². The minimum Gasteiger partial charge on any atom is -0.369 e. The smallest absolute Gasteiger partial charge is 0.0574 e. The summed E-state index contributed by atoms with van der Waals surface area (Å²) in [6.45, 7) is 7.63. The lowest BCUT2D eigenvalue weighted by Gasteiger charge is -2.28. The van der Waals surface area contributed by atoms with Crippen molar-refractivity contribution in [1.29, 1.82) is 0 Å². The molecule has 1 atom stereocenters. The van der Waals surface area contributed by atoms with E-state index in [1.54, 1.807) is 0 Å². The fourth-order valence-corrected chi connectivity index (χ4v) is 3.22. The van der Waals surface area contributed by atoms with Crippen LogP contribution >= 0.6 is 11.8 Å². The van der Waals surface area contributed by atoms with Gasteiger partial charge in [0.05, 0.1) is 17.6 Å².